The number of carbonyl (C=O) groups excluding carboxylic acids is 1. The summed E-state index contributed by atoms with van der Waals surface area (Å²) < 4.78 is 27.2. The average molecular weight is 291 g/mol. The monoisotopic (exact) mass is 290 g/mol. The molecular weight excluding hydrogens is 282 g/mol. The minimum Gasteiger partial charge on any atom is -0.345 e. The third-order valence-electron chi connectivity index (χ3n) is 2.98. The molecule has 0 atom stereocenters. The number of amides is 1. The fraction of sp³-hybridized carbons (Fsp3) is 0.364. The van der Waals surface area contributed by atoms with Crippen LogP contribution in [0.25, 0.3) is 0 Å². The van der Waals surface area contributed by atoms with Gasteiger partial charge in [-0.3, -0.25) is 14.9 Å². The smallest absolute Gasteiger partial charge is 0.305 e. The summed E-state index contributed by atoms with van der Waals surface area (Å²) >= 11 is 5.64. The van der Waals surface area contributed by atoms with Crippen LogP contribution in [0.2, 0.25) is 0 Å². The Hall–Kier alpha value is -1.76. The highest BCUT2D eigenvalue weighted by Gasteiger charge is 2.44. The molecule has 1 aliphatic rings. The van der Waals surface area contributed by atoms with Crippen molar-refractivity contribution in [1.82, 2.24) is 5.32 Å². The van der Waals surface area contributed by atoms with Gasteiger partial charge in [-0.05, 0) is 18.9 Å². The molecule has 0 bridgehead atoms. The molecule has 2 rings (SSSR count). The lowest BCUT2D eigenvalue weighted by Crippen LogP contribution is -2.39. The van der Waals surface area contributed by atoms with Crippen LogP contribution in [-0.2, 0) is 0 Å². The van der Waals surface area contributed by atoms with Gasteiger partial charge in [-0.1, -0.05) is 0 Å². The van der Waals surface area contributed by atoms with Gasteiger partial charge in [-0.25, -0.2) is 4.39 Å². The normalized spacial score (nSPS) is 15.9. The number of rotatable bonds is 4. The number of hydrogen-bond donors (Lipinski definition) is 1. The Morgan fingerprint density at radius 3 is 2.58 bits per heavy atom. The highest BCUT2D eigenvalue weighted by Crippen LogP contribution is 2.37. The lowest BCUT2D eigenvalue weighted by atomic mass is 10.1. The fourth-order valence-corrected chi connectivity index (χ4v) is 1.97. The van der Waals surface area contributed by atoms with E-state index in [9.17, 15) is 23.7 Å². The van der Waals surface area contributed by atoms with Crippen LogP contribution in [0.4, 0.5) is 14.5 Å². The summed E-state index contributed by atoms with van der Waals surface area (Å²) in [5, 5.41) is 13.0. The highest BCUT2D eigenvalue weighted by molar-refractivity contribution is 6.19. The quantitative estimate of drug-likeness (QED) is 0.526. The Morgan fingerprint density at radius 2 is 2.11 bits per heavy atom. The number of nitrogens with zero attached hydrogens (tertiary/aromatic N) is 1. The molecule has 0 heterocycles. The first-order chi connectivity index (χ1) is 8.90. The number of benzene rings is 1. The van der Waals surface area contributed by atoms with E-state index in [0.717, 1.165) is 0 Å². The molecule has 1 saturated carbocycles. The Kier molecular flexibility index (Phi) is 3.40. The van der Waals surface area contributed by atoms with Crippen molar-refractivity contribution < 1.29 is 18.5 Å². The van der Waals surface area contributed by atoms with Crippen LogP contribution in [0.15, 0.2) is 12.1 Å². The lowest BCUT2D eigenvalue weighted by molar-refractivity contribution is -0.387. The van der Waals surface area contributed by atoms with Crippen LogP contribution >= 0.6 is 11.6 Å². The van der Waals surface area contributed by atoms with E-state index < -0.39 is 39.3 Å². The molecule has 8 heteroatoms. The van der Waals surface area contributed by atoms with Gasteiger partial charge < -0.3 is 5.32 Å². The molecule has 5 nitrogen and oxygen atoms in total. The van der Waals surface area contributed by atoms with Crippen LogP contribution in [0.3, 0.4) is 0 Å². The Labute approximate surface area is 111 Å². The molecular formula is C11H9ClF2N2O3. The van der Waals surface area contributed by atoms with E-state index in [2.05, 4.69) is 5.32 Å². The van der Waals surface area contributed by atoms with Crippen LogP contribution in [0.5, 0.6) is 0 Å². The minimum absolute atomic E-state index is 0.122. The zero-order valence-electron chi connectivity index (χ0n) is 9.58. The topological polar surface area (TPSA) is 72.2 Å². The Bertz CT molecular complexity index is 561. The number of hydrogen-bond acceptors (Lipinski definition) is 3. The van der Waals surface area contributed by atoms with E-state index in [1.54, 1.807) is 0 Å². The Balaban J connectivity index is 2.36. The van der Waals surface area contributed by atoms with Gasteiger partial charge in [0.25, 0.3) is 5.91 Å². The summed E-state index contributed by atoms with van der Waals surface area (Å²) in [5.74, 6) is -3.53. The van der Waals surface area contributed by atoms with Crippen LogP contribution in [0.1, 0.15) is 23.2 Å². The van der Waals surface area contributed by atoms with E-state index in [1.165, 1.54) is 0 Å². The van der Waals surface area contributed by atoms with Gasteiger partial charge in [0.1, 0.15) is 11.4 Å². The lowest BCUT2D eigenvalue weighted by Gasteiger charge is -2.14. The molecule has 1 fully saturated rings. The summed E-state index contributed by atoms with van der Waals surface area (Å²) in [4.78, 5) is 21.3. The molecule has 1 aliphatic carbocycles. The first kappa shape index (κ1) is 13.7. The molecule has 102 valence electrons. The van der Waals surface area contributed by atoms with Gasteiger partial charge in [0.2, 0.25) is 5.82 Å². The molecule has 1 N–H and O–H groups in total. The van der Waals surface area contributed by atoms with Gasteiger partial charge in [0, 0.05) is 11.9 Å². The molecule has 0 spiro atoms. The van der Waals surface area contributed by atoms with E-state index in [1.807, 2.05) is 0 Å². The first-order valence-electron chi connectivity index (χ1n) is 5.41. The second-order valence-electron chi connectivity index (χ2n) is 4.38. The summed E-state index contributed by atoms with van der Waals surface area (Å²) in [6, 6.07) is 1.37. The number of alkyl halides is 1. The van der Waals surface area contributed by atoms with E-state index >= 15 is 0 Å². The zero-order valence-corrected chi connectivity index (χ0v) is 10.3. The summed E-state index contributed by atoms with van der Waals surface area (Å²) in [6.45, 7) is 0. The van der Waals surface area contributed by atoms with Crippen molar-refractivity contribution in [3.8, 4) is 0 Å². The third-order valence-corrected chi connectivity index (χ3v) is 3.49. The van der Waals surface area contributed by atoms with E-state index in [0.29, 0.717) is 25.0 Å². The van der Waals surface area contributed by atoms with Crippen molar-refractivity contribution in [3.63, 3.8) is 0 Å². The van der Waals surface area contributed by atoms with E-state index in [4.69, 9.17) is 11.6 Å². The van der Waals surface area contributed by atoms with Crippen molar-refractivity contribution in [2.24, 2.45) is 0 Å². The molecule has 1 aromatic carbocycles. The summed E-state index contributed by atoms with van der Waals surface area (Å²) in [7, 11) is 0. The standard InChI is InChI=1S/C11H9ClF2N2O3/c12-5-11(3-4-11)15-10(17)8-6(13)1-2-7(9(8)14)16(18)19/h1-2H,3-5H2,(H,15,17). The predicted octanol–water partition coefficient (Wildman–Crippen LogP) is 2.37. The maximum Gasteiger partial charge on any atom is 0.305 e. The van der Waals surface area contributed by atoms with Gasteiger partial charge in [-0.15, -0.1) is 11.6 Å². The predicted molar refractivity (Wildman–Crippen MR) is 63.2 cm³/mol. The molecule has 1 amide bonds. The van der Waals surface area contributed by atoms with Crippen molar-refractivity contribution in [2.45, 2.75) is 18.4 Å². The van der Waals surface area contributed by atoms with Crippen LogP contribution < -0.4 is 5.32 Å². The number of halogens is 3. The highest BCUT2D eigenvalue weighted by atomic mass is 35.5. The van der Waals surface area contributed by atoms with Gasteiger partial charge in [-0.2, -0.15) is 4.39 Å². The number of nitrogens with one attached hydrogen (secondary N) is 1. The van der Waals surface area contributed by atoms with E-state index in [-0.39, 0.29) is 5.88 Å². The average Bonchev–Trinajstić information content (AvgIpc) is 3.09. The van der Waals surface area contributed by atoms with Gasteiger partial charge >= 0.3 is 5.69 Å². The van der Waals surface area contributed by atoms with Gasteiger partial charge in [0.05, 0.1) is 10.5 Å². The molecule has 1 aromatic rings. The second kappa shape index (κ2) is 4.73. The van der Waals surface area contributed by atoms with Crippen molar-refractivity contribution >= 4 is 23.2 Å². The molecule has 19 heavy (non-hydrogen) atoms. The first-order valence-corrected chi connectivity index (χ1v) is 5.94. The molecule has 0 aliphatic heterocycles. The second-order valence-corrected chi connectivity index (χ2v) is 4.65. The van der Waals surface area contributed by atoms with Crippen LogP contribution in [-0.4, -0.2) is 22.2 Å². The fourth-order valence-electron chi connectivity index (χ4n) is 1.64. The number of carbonyl (C=O) groups is 1. The molecule has 0 saturated heterocycles. The van der Waals surface area contributed by atoms with Crippen molar-refractivity contribution in [3.05, 3.63) is 39.4 Å². The molecule has 0 aromatic heterocycles. The van der Waals surface area contributed by atoms with Gasteiger partial charge in [0.15, 0.2) is 0 Å². The maximum atomic E-state index is 13.8. The van der Waals surface area contributed by atoms with Crippen LogP contribution in [0, 0.1) is 21.7 Å². The number of nitro benzene ring substituents is 1. The zero-order chi connectivity index (χ0) is 14.2. The molecule has 0 radical (unpaired) electrons. The summed E-state index contributed by atoms with van der Waals surface area (Å²) in [6.07, 6.45) is 1.22. The Morgan fingerprint density at radius 1 is 1.47 bits per heavy atom. The van der Waals surface area contributed by atoms with Crippen molar-refractivity contribution in [1.29, 1.82) is 0 Å². The molecule has 0 unspecified atom stereocenters. The largest absolute Gasteiger partial charge is 0.345 e. The van der Waals surface area contributed by atoms with Crippen molar-refractivity contribution in [2.75, 3.05) is 5.88 Å². The maximum absolute atomic E-state index is 13.8. The third kappa shape index (κ3) is 2.51. The summed E-state index contributed by atoms with van der Waals surface area (Å²) in [5.41, 5.74) is -2.55. The SMILES string of the molecule is O=C(NC1(CCl)CC1)c1c(F)ccc([N+](=O)[O-])c1F. The number of nitro groups is 1. The minimum atomic E-state index is -1.48.